The maximum Gasteiger partial charge on any atom is 0.271 e. The molecular formula is C26H20ClN3O3. The van der Waals surface area contributed by atoms with E-state index in [2.05, 4.69) is 46.3 Å². The van der Waals surface area contributed by atoms with Crippen molar-refractivity contribution >= 4 is 23.7 Å². The lowest BCUT2D eigenvalue weighted by atomic mass is 10.1. The number of amides is 1. The number of nitrogens with zero attached hydrogens (tertiary/aromatic N) is 2. The molecule has 33 heavy (non-hydrogen) atoms. The number of fused-ring (bicyclic) bond motifs is 1. The van der Waals surface area contributed by atoms with Crippen LogP contribution >= 0.6 is 11.6 Å². The molecule has 0 aliphatic carbocycles. The van der Waals surface area contributed by atoms with Crippen LogP contribution in [0, 0.1) is 6.92 Å². The summed E-state index contributed by atoms with van der Waals surface area (Å²) in [5, 5.41) is 4.49. The number of ether oxygens (including phenoxy) is 2. The van der Waals surface area contributed by atoms with Gasteiger partial charge in [-0.1, -0.05) is 41.9 Å². The smallest absolute Gasteiger partial charge is 0.271 e. The first-order chi connectivity index (χ1) is 16.1. The third-order valence-corrected chi connectivity index (χ3v) is 5.72. The standard InChI is InChI=1S/C26H20ClN3O3/c1-17-7-12-23(18-5-3-2-4-6-18)30(17)21-10-8-19(9-11-21)26(31)29-28-15-20-13-24-25(14-22(20)27)33-16-32-24/h2-15H,16H2,1H3,(H,29,31)/b28-15+. The van der Waals surface area contributed by atoms with Crippen molar-refractivity contribution in [1.29, 1.82) is 0 Å². The van der Waals surface area contributed by atoms with Crippen LogP contribution in [0.25, 0.3) is 16.9 Å². The number of hydrogen-bond acceptors (Lipinski definition) is 4. The zero-order valence-electron chi connectivity index (χ0n) is 17.8. The summed E-state index contributed by atoms with van der Waals surface area (Å²) in [6.45, 7) is 2.22. The molecule has 1 aliphatic heterocycles. The molecular weight excluding hydrogens is 438 g/mol. The van der Waals surface area contributed by atoms with E-state index in [4.69, 9.17) is 21.1 Å². The normalized spacial score (nSPS) is 12.3. The zero-order chi connectivity index (χ0) is 22.8. The summed E-state index contributed by atoms with van der Waals surface area (Å²) in [4.78, 5) is 12.6. The van der Waals surface area contributed by atoms with E-state index in [1.807, 2.05) is 30.3 Å². The van der Waals surface area contributed by atoms with E-state index in [1.165, 1.54) is 6.21 Å². The summed E-state index contributed by atoms with van der Waals surface area (Å²) in [6.07, 6.45) is 1.48. The Morgan fingerprint density at radius 2 is 1.73 bits per heavy atom. The second-order valence-corrected chi connectivity index (χ2v) is 7.94. The van der Waals surface area contributed by atoms with Gasteiger partial charge in [0.2, 0.25) is 6.79 Å². The van der Waals surface area contributed by atoms with E-state index in [0.29, 0.717) is 27.6 Å². The maximum atomic E-state index is 12.6. The van der Waals surface area contributed by atoms with Gasteiger partial charge in [0, 0.05) is 28.6 Å². The second-order valence-electron chi connectivity index (χ2n) is 7.53. The molecule has 7 heteroatoms. The van der Waals surface area contributed by atoms with Gasteiger partial charge in [0.1, 0.15) is 0 Å². The number of hydrogen-bond donors (Lipinski definition) is 1. The minimum atomic E-state index is -0.317. The van der Waals surface area contributed by atoms with E-state index >= 15 is 0 Å². The molecule has 0 saturated carbocycles. The fourth-order valence-corrected chi connectivity index (χ4v) is 3.94. The van der Waals surface area contributed by atoms with Crippen LogP contribution in [0.15, 0.2) is 84.0 Å². The SMILES string of the molecule is Cc1ccc(-c2ccccc2)n1-c1ccc(C(=O)N/N=C/c2cc3c(cc2Cl)OCO3)cc1. The van der Waals surface area contributed by atoms with Crippen LogP contribution in [0.4, 0.5) is 0 Å². The summed E-state index contributed by atoms with van der Waals surface area (Å²) >= 11 is 6.23. The molecule has 5 rings (SSSR count). The molecule has 6 nitrogen and oxygen atoms in total. The van der Waals surface area contributed by atoms with Crippen molar-refractivity contribution in [3.05, 3.63) is 101 Å². The first-order valence-electron chi connectivity index (χ1n) is 10.4. The van der Waals surface area contributed by atoms with Crippen molar-refractivity contribution in [1.82, 2.24) is 9.99 Å². The molecule has 0 bridgehead atoms. The Hall–Kier alpha value is -4.03. The highest BCUT2D eigenvalue weighted by atomic mass is 35.5. The number of aromatic nitrogens is 1. The van der Waals surface area contributed by atoms with Gasteiger partial charge >= 0.3 is 0 Å². The number of benzene rings is 3. The van der Waals surface area contributed by atoms with E-state index in [-0.39, 0.29) is 12.7 Å². The van der Waals surface area contributed by atoms with Crippen LogP contribution in [0.5, 0.6) is 11.5 Å². The first kappa shape index (κ1) is 20.8. The van der Waals surface area contributed by atoms with Crippen molar-refractivity contribution in [2.24, 2.45) is 5.10 Å². The summed E-state index contributed by atoms with van der Waals surface area (Å²) in [7, 11) is 0. The summed E-state index contributed by atoms with van der Waals surface area (Å²) in [6, 6.07) is 25.2. The van der Waals surface area contributed by atoms with E-state index in [1.54, 1.807) is 24.3 Å². The summed E-state index contributed by atoms with van der Waals surface area (Å²) in [5.74, 6) is 0.870. The largest absolute Gasteiger partial charge is 0.454 e. The molecule has 0 saturated heterocycles. The van der Waals surface area contributed by atoms with Gasteiger partial charge < -0.3 is 14.0 Å². The molecule has 164 valence electrons. The van der Waals surface area contributed by atoms with Crippen molar-refractivity contribution < 1.29 is 14.3 Å². The quantitative estimate of drug-likeness (QED) is 0.313. The fourth-order valence-electron chi connectivity index (χ4n) is 3.73. The molecule has 4 aromatic rings. The van der Waals surface area contributed by atoms with Gasteiger partial charge in [-0.3, -0.25) is 4.79 Å². The zero-order valence-corrected chi connectivity index (χ0v) is 18.5. The monoisotopic (exact) mass is 457 g/mol. The van der Waals surface area contributed by atoms with Crippen LogP contribution in [0.2, 0.25) is 5.02 Å². The van der Waals surface area contributed by atoms with Crippen molar-refractivity contribution in [2.75, 3.05) is 6.79 Å². The summed E-state index contributed by atoms with van der Waals surface area (Å²) in [5.41, 5.74) is 7.96. The third kappa shape index (κ3) is 4.21. The molecule has 1 amide bonds. The Bertz CT molecular complexity index is 1350. The lowest BCUT2D eigenvalue weighted by Gasteiger charge is -2.12. The molecule has 0 fully saturated rings. The van der Waals surface area contributed by atoms with Crippen LogP contribution in [-0.4, -0.2) is 23.5 Å². The Morgan fingerprint density at radius 1 is 1.00 bits per heavy atom. The molecule has 1 aromatic heterocycles. The van der Waals surface area contributed by atoms with E-state index < -0.39 is 0 Å². The molecule has 0 radical (unpaired) electrons. The number of carbonyl (C=O) groups is 1. The van der Waals surface area contributed by atoms with Gasteiger partial charge in [-0.05, 0) is 55.0 Å². The number of carbonyl (C=O) groups excluding carboxylic acids is 1. The number of rotatable bonds is 5. The third-order valence-electron chi connectivity index (χ3n) is 5.39. The number of nitrogens with one attached hydrogen (secondary N) is 1. The summed E-state index contributed by atoms with van der Waals surface area (Å²) < 4.78 is 12.8. The van der Waals surface area contributed by atoms with E-state index in [9.17, 15) is 4.79 Å². The predicted molar refractivity (Wildman–Crippen MR) is 129 cm³/mol. The van der Waals surface area contributed by atoms with Crippen molar-refractivity contribution in [2.45, 2.75) is 6.92 Å². The fraction of sp³-hybridized carbons (Fsp3) is 0.0769. The highest BCUT2D eigenvalue weighted by Gasteiger charge is 2.16. The average Bonchev–Trinajstić information content (AvgIpc) is 3.45. The van der Waals surface area contributed by atoms with Crippen molar-refractivity contribution in [3.8, 4) is 28.4 Å². The first-order valence-corrected chi connectivity index (χ1v) is 10.7. The van der Waals surface area contributed by atoms with Gasteiger partial charge in [0.05, 0.1) is 16.9 Å². The minimum absolute atomic E-state index is 0.161. The number of hydrazone groups is 1. The van der Waals surface area contributed by atoms with Crippen LogP contribution in [-0.2, 0) is 0 Å². The number of halogens is 1. The Balaban J connectivity index is 1.31. The highest BCUT2D eigenvalue weighted by Crippen LogP contribution is 2.36. The van der Waals surface area contributed by atoms with Crippen LogP contribution in [0.1, 0.15) is 21.6 Å². The average molecular weight is 458 g/mol. The molecule has 2 heterocycles. The Labute approximate surface area is 196 Å². The maximum absolute atomic E-state index is 12.6. The highest BCUT2D eigenvalue weighted by molar-refractivity contribution is 6.33. The lowest BCUT2D eigenvalue weighted by Crippen LogP contribution is -2.17. The molecule has 0 unspecified atom stereocenters. The van der Waals surface area contributed by atoms with E-state index in [0.717, 1.165) is 22.6 Å². The minimum Gasteiger partial charge on any atom is -0.454 e. The van der Waals surface area contributed by atoms with Gasteiger partial charge in [-0.2, -0.15) is 5.10 Å². The molecule has 1 aliphatic rings. The van der Waals surface area contributed by atoms with Gasteiger partial charge in [-0.15, -0.1) is 0 Å². The van der Waals surface area contributed by atoms with Gasteiger partial charge in [-0.25, -0.2) is 5.43 Å². The predicted octanol–water partition coefficient (Wildman–Crippen LogP) is 5.60. The molecule has 0 atom stereocenters. The Kier molecular flexibility index (Phi) is 5.59. The second kappa shape index (κ2) is 8.84. The van der Waals surface area contributed by atoms with Gasteiger partial charge in [0.15, 0.2) is 11.5 Å². The lowest BCUT2D eigenvalue weighted by molar-refractivity contribution is 0.0955. The van der Waals surface area contributed by atoms with Crippen LogP contribution < -0.4 is 14.9 Å². The Morgan fingerprint density at radius 3 is 2.48 bits per heavy atom. The molecule has 1 N–H and O–H groups in total. The molecule has 0 spiro atoms. The van der Waals surface area contributed by atoms with Crippen molar-refractivity contribution in [3.63, 3.8) is 0 Å². The topological polar surface area (TPSA) is 64.9 Å². The van der Waals surface area contributed by atoms with Crippen LogP contribution in [0.3, 0.4) is 0 Å². The van der Waals surface area contributed by atoms with Gasteiger partial charge in [0.25, 0.3) is 5.91 Å². The molecule has 3 aromatic carbocycles. The number of aryl methyl sites for hydroxylation is 1.